The first-order chi connectivity index (χ1) is 14.9. The third-order valence-corrected chi connectivity index (χ3v) is 5.05. The van der Waals surface area contributed by atoms with Gasteiger partial charge in [-0.15, -0.1) is 0 Å². The Morgan fingerprint density at radius 2 is 1.94 bits per heavy atom. The van der Waals surface area contributed by atoms with E-state index in [-0.39, 0.29) is 18.4 Å². The molecule has 2 heterocycles. The third-order valence-electron chi connectivity index (χ3n) is 4.82. The highest BCUT2D eigenvalue weighted by molar-refractivity contribution is 6.30. The average molecular weight is 446 g/mol. The van der Waals surface area contributed by atoms with E-state index in [2.05, 4.69) is 20.9 Å². The molecule has 1 fully saturated rings. The summed E-state index contributed by atoms with van der Waals surface area (Å²) < 4.78 is 5.06. The normalized spacial score (nSPS) is 16.3. The van der Waals surface area contributed by atoms with Crippen molar-refractivity contribution < 1.29 is 19.1 Å². The Morgan fingerprint density at radius 3 is 2.61 bits per heavy atom. The molecular weight excluding hydrogens is 422 g/mol. The number of nitrogens with one attached hydrogen (secondary N) is 3. The topological polar surface area (TPSA) is 113 Å². The molecule has 4 amide bonds. The second kappa shape index (κ2) is 10.7. The van der Waals surface area contributed by atoms with Crippen LogP contribution >= 0.6 is 11.6 Å². The van der Waals surface area contributed by atoms with Gasteiger partial charge in [0.05, 0.1) is 24.6 Å². The van der Waals surface area contributed by atoms with Crippen molar-refractivity contribution in [2.75, 3.05) is 37.4 Å². The van der Waals surface area contributed by atoms with Gasteiger partial charge < -0.3 is 15.4 Å². The Morgan fingerprint density at radius 1 is 1.16 bits per heavy atom. The highest BCUT2D eigenvalue weighted by Crippen LogP contribution is 2.19. The molecule has 0 aliphatic carbocycles. The smallest absolute Gasteiger partial charge is 0.325 e. The summed E-state index contributed by atoms with van der Waals surface area (Å²) in [6.07, 6.45) is 2.96. The summed E-state index contributed by atoms with van der Waals surface area (Å²) in [7, 11) is 1.55. The molecule has 0 saturated carbocycles. The summed E-state index contributed by atoms with van der Waals surface area (Å²) in [4.78, 5) is 42.8. The lowest BCUT2D eigenvalue weighted by Gasteiger charge is -2.31. The Bertz CT molecular complexity index is 920. The fraction of sp³-hybridized carbons (Fsp3) is 0.333. The maximum atomic E-state index is 12.5. The van der Waals surface area contributed by atoms with Crippen LogP contribution in [0.15, 0.2) is 42.6 Å². The number of halogens is 1. The fourth-order valence-electron chi connectivity index (χ4n) is 3.30. The van der Waals surface area contributed by atoms with E-state index in [1.807, 2.05) is 4.90 Å². The summed E-state index contributed by atoms with van der Waals surface area (Å²) >= 11 is 5.80. The minimum Gasteiger partial charge on any atom is -0.497 e. The SMILES string of the molecule is COc1ccc(NC(=O)NC(=O)CN2CCC[C@@H](C(=O)Nc3ccc(Cl)cn3)C2)cc1. The van der Waals surface area contributed by atoms with E-state index in [0.717, 1.165) is 12.8 Å². The van der Waals surface area contributed by atoms with Crippen molar-refractivity contribution in [3.8, 4) is 5.75 Å². The summed E-state index contributed by atoms with van der Waals surface area (Å²) in [6, 6.07) is 9.42. The van der Waals surface area contributed by atoms with Crippen molar-refractivity contribution in [3.63, 3.8) is 0 Å². The van der Waals surface area contributed by atoms with Gasteiger partial charge in [-0.3, -0.25) is 19.8 Å². The molecule has 1 aromatic heterocycles. The zero-order valence-corrected chi connectivity index (χ0v) is 17.8. The predicted molar refractivity (Wildman–Crippen MR) is 117 cm³/mol. The molecular formula is C21H24ClN5O4. The minimum absolute atomic E-state index is 0.0268. The molecule has 31 heavy (non-hydrogen) atoms. The highest BCUT2D eigenvalue weighted by atomic mass is 35.5. The van der Waals surface area contributed by atoms with Crippen molar-refractivity contribution in [1.29, 1.82) is 0 Å². The molecule has 1 saturated heterocycles. The van der Waals surface area contributed by atoms with Gasteiger partial charge in [0.15, 0.2) is 0 Å². The van der Waals surface area contributed by atoms with E-state index >= 15 is 0 Å². The first-order valence-electron chi connectivity index (χ1n) is 9.82. The van der Waals surface area contributed by atoms with E-state index in [1.54, 1.807) is 43.5 Å². The second-order valence-electron chi connectivity index (χ2n) is 7.16. The van der Waals surface area contributed by atoms with Crippen LogP contribution in [0.4, 0.5) is 16.3 Å². The molecule has 1 aliphatic heterocycles. The number of methoxy groups -OCH3 is 1. The van der Waals surface area contributed by atoms with E-state index < -0.39 is 11.9 Å². The molecule has 9 nitrogen and oxygen atoms in total. The molecule has 10 heteroatoms. The number of ether oxygens (including phenoxy) is 1. The van der Waals surface area contributed by atoms with Gasteiger partial charge >= 0.3 is 6.03 Å². The number of anilines is 2. The number of carbonyl (C=O) groups is 3. The average Bonchev–Trinajstić information content (AvgIpc) is 2.76. The number of hydrogen-bond donors (Lipinski definition) is 3. The standard InChI is InChI=1S/C21H24ClN5O4/c1-31-17-7-5-16(6-8-17)24-21(30)26-19(28)13-27-10-2-3-14(12-27)20(29)25-18-9-4-15(22)11-23-18/h4-9,11,14H,2-3,10,12-13H2,1H3,(H,23,25,29)(H2,24,26,28,30)/t14-/m1/s1. The number of aromatic nitrogens is 1. The largest absolute Gasteiger partial charge is 0.497 e. The molecule has 3 N–H and O–H groups in total. The maximum absolute atomic E-state index is 12.5. The Hall–Kier alpha value is -3.17. The van der Waals surface area contributed by atoms with Crippen molar-refractivity contribution in [1.82, 2.24) is 15.2 Å². The number of hydrogen-bond acceptors (Lipinski definition) is 6. The molecule has 0 bridgehead atoms. The summed E-state index contributed by atoms with van der Waals surface area (Å²) in [6.45, 7) is 1.13. The van der Waals surface area contributed by atoms with Gasteiger partial charge in [-0.1, -0.05) is 11.6 Å². The molecule has 0 radical (unpaired) electrons. The van der Waals surface area contributed by atoms with Crippen LogP contribution in [0.2, 0.25) is 5.02 Å². The highest BCUT2D eigenvalue weighted by Gasteiger charge is 2.27. The fourth-order valence-corrected chi connectivity index (χ4v) is 3.41. The van der Waals surface area contributed by atoms with Crippen LogP contribution in [0.1, 0.15) is 12.8 Å². The lowest BCUT2D eigenvalue weighted by atomic mass is 9.97. The zero-order valence-electron chi connectivity index (χ0n) is 17.1. The number of rotatable bonds is 6. The Labute approximate surface area is 185 Å². The zero-order chi connectivity index (χ0) is 22.2. The van der Waals surface area contributed by atoms with E-state index in [1.165, 1.54) is 6.20 Å². The van der Waals surface area contributed by atoms with Crippen LogP contribution < -0.4 is 20.7 Å². The summed E-state index contributed by atoms with van der Waals surface area (Å²) in [5.41, 5.74) is 0.539. The van der Waals surface area contributed by atoms with E-state index in [4.69, 9.17) is 16.3 Å². The van der Waals surface area contributed by atoms with Crippen LogP contribution in [-0.2, 0) is 9.59 Å². The number of benzene rings is 1. The second-order valence-corrected chi connectivity index (χ2v) is 7.59. The molecule has 0 unspecified atom stereocenters. The van der Waals surface area contributed by atoms with Crippen molar-refractivity contribution in [3.05, 3.63) is 47.6 Å². The van der Waals surface area contributed by atoms with Crippen molar-refractivity contribution in [2.24, 2.45) is 5.92 Å². The molecule has 1 aromatic carbocycles. The summed E-state index contributed by atoms with van der Waals surface area (Å²) in [5, 5.41) is 8.16. The number of piperidine rings is 1. The van der Waals surface area contributed by atoms with Gasteiger partial charge in [-0.2, -0.15) is 0 Å². The number of amides is 4. The van der Waals surface area contributed by atoms with Gasteiger partial charge in [0.1, 0.15) is 11.6 Å². The Kier molecular flexibility index (Phi) is 7.80. The van der Waals surface area contributed by atoms with Gasteiger partial charge in [0.25, 0.3) is 0 Å². The predicted octanol–water partition coefficient (Wildman–Crippen LogP) is 2.74. The first kappa shape index (κ1) is 22.5. The molecule has 3 rings (SSSR count). The minimum atomic E-state index is -0.615. The number of carbonyl (C=O) groups excluding carboxylic acids is 3. The molecule has 2 aromatic rings. The number of imide groups is 1. The van der Waals surface area contributed by atoms with Crippen molar-refractivity contribution in [2.45, 2.75) is 12.8 Å². The first-order valence-corrected chi connectivity index (χ1v) is 10.2. The lowest BCUT2D eigenvalue weighted by Crippen LogP contribution is -2.47. The third kappa shape index (κ3) is 6.94. The molecule has 0 spiro atoms. The van der Waals surface area contributed by atoms with Crippen LogP contribution in [0.25, 0.3) is 0 Å². The number of pyridine rings is 1. The number of likely N-dealkylation sites (tertiary alicyclic amines) is 1. The van der Waals surface area contributed by atoms with Crippen LogP contribution in [0.3, 0.4) is 0 Å². The molecule has 164 valence electrons. The van der Waals surface area contributed by atoms with Crippen LogP contribution in [0.5, 0.6) is 5.75 Å². The van der Waals surface area contributed by atoms with Gasteiger partial charge in [0, 0.05) is 18.4 Å². The monoisotopic (exact) mass is 445 g/mol. The van der Waals surface area contributed by atoms with Gasteiger partial charge in [-0.25, -0.2) is 9.78 Å². The molecule has 1 atom stereocenters. The quantitative estimate of drug-likeness (QED) is 0.630. The summed E-state index contributed by atoms with van der Waals surface area (Å²) in [5.74, 6) is 0.229. The number of urea groups is 1. The van der Waals surface area contributed by atoms with Gasteiger partial charge in [0.2, 0.25) is 11.8 Å². The van der Waals surface area contributed by atoms with Crippen LogP contribution in [-0.4, -0.2) is 54.5 Å². The van der Waals surface area contributed by atoms with Gasteiger partial charge in [-0.05, 0) is 55.8 Å². The van der Waals surface area contributed by atoms with Crippen LogP contribution in [0, 0.1) is 5.92 Å². The van der Waals surface area contributed by atoms with E-state index in [0.29, 0.717) is 35.4 Å². The molecule has 1 aliphatic rings. The maximum Gasteiger partial charge on any atom is 0.325 e. The Balaban J connectivity index is 1.45. The number of nitrogens with zero attached hydrogens (tertiary/aromatic N) is 2. The lowest BCUT2D eigenvalue weighted by molar-refractivity contribution is -0.125. The van der Waals surface area contributed by atoms with E-state index in [9.17, 15) is 14.4 Å². The van der Waals surface area contributed by atoms with Crippen molar-refractivity contribution >= 4 is 41.0 Å².